The third-order valence-corrected chi connectivity index (χ3v) is 7.81. The lowest BCUT2D eigenvalue weighted by molar-refractivity contribution is -0.384. The summed E-state index contributed by atoms with van der Waals surface area (Å²) in [6.07, 6.45) is 5.49. The van der Waals surface area contributed by atoms with E-state index >= 15 is 0 Å². The number of rotatable bonds is 4. The van der Waals surface area contributed by atoms with E-state index in [1.807, 2.05) is 12.1 Å². The van der Waals surface area contributed by atoms with E-state index in [4.69, 9.17) is 11.6 Å². The van der Waals surface area contributed by atoms with Crippen LogP contribution in [0.15, 0.2) is 65.8 Å². The first kappa shape index (κ1) is 17.8. The Morgan fingerprint density at radius 1 is 1.07 bits per heavy atom. The van der Waals surface area contributed by atoms with Gasteiger partial charge in [-0.1, -0.05) is 17.7 Å². The molecule has 1 aromatic heterocycles. The van der Waals surface area contributed by atoms with Crippen LogP contribution in [0.3, 0.4) is 0 Å². The van der Waals surface area contributed by atoms with E-state index in [2.05, 4.69) is 48.1 Å². The van der Waals surface area contributed by atoms with E-state index in [1.54, 1.807) is 23.9 Å². The van der Waals surface area contributed by atoms with E-state index in [1.165, 1.54) is 22.4 Å². The molecule has 1 unspecified atom stereocenters. The number of fused-ring (bicyclic) bond motifs is 5. The molecular formula is C22H19ClN2O2S. The van der Waals surface area contributed by atoms with Crippen LogP contribution in [0.1, 0.15) is 34.9 Å². The molecule has 0 spiro atoms. The van der Waals surface area contributed by atoms with Crippen molar-refractivity contribution in [2.24, 2.45) is 0 Å². The van der Waals surface area contributed by atoms with Crippen LogP contribution in [0.2, 0.25) is 0 Å². The second kappa shape index (κ2) is 6.68. The van der Waals surface area contributed by atoms with Crippen LogP contribution in [-0.4, -0.2) is 20.1 Å². The number of nitro benzene ring substituents is 1. The highest BCUT2D eigenvalue weighted by Gasteiger charge is 2.52. The Labute approximate surface area is 172 Å². The van der Waals surface area contributed by atoms with E-state index in [0.29, 0.717) is 17.1 Å². The normalized spacial score (nSPS) is 25.1. The van der Waals surface area contributed by atoms with Crippen LogP contribution in [-0.2, 0) is 0 Å². The maximum atomic E-state index is 10.9. The van der Waals surface area contributed by atoms with Crippen molar-refractivity contribution in [1.82, 2.24) is 4.57 Å². The fourth-order valence-corrected chi connectivity index (χ4v) is 6.64. The Balaban J connectivity index is 1.42. The van der Waals surface area contributed by atoms with Gasteiger partial charge < -0.3 is 4.57 Å². The second-order valence-corrected chi connectivity index (χ2v) is 9.44. The Morgan fingerprint density at radius 2 is 1.75 bits per heavy atom. The Morgan fingerprint density at radius 3 is 2.43 bits per heavy atom. The fourth-order valence-electron chi connectivity index (χ4n) is 4.55. The van der Waals surface area contributed by atoms with Gasteiger partial charge in [-0.2, -0.15) is 0 Å². The highest BCUT2D eigenvalue weighted by molar-refractivity contribution is 8.00. The molecule has 0 saturated heterocycles. The predicted molar refractivity (Wildman–Crippen MR) is 113 cm³/mol. The van der Waals surface area contributed by atoms with E-state index < -0.39 is 0 Å². The minimum Gasteiger partial charge on any atom is -0.323 e. The molecule has 0 N–H and O–H groups in total. The van der Waals surface area contributed by atoms with Crippen LogP contribution < -0.4 is 0 Å². The van der Waals surface area contributed by atoms with Crippen LogP contribution in [0, 0.1) is 17.0 Å². The number of hydrogen-bond acceptors (Lipinski definition) is 3. The molecule has 142 valence electrons. The number of halogens is 1. The zero-order valence-electron chi connectivity index (χ0n) is 15.3. The number of benzene rings is 2. The molecule has 0 radical (unpaired) electrons. The van der Waals surface area contributed by atoms with E-state index in [9.17, 15) is 10.1 Å². The number of alkyl halides is 1. The van der Waals surface area contributed by atoms with Gasteiger partial charge in [0.05, 0.1) is 4.92 Å². The third-order valence-electron chi connectivity index (χ3n) is 5.92. The summed E-state index contributed by atoms with van der Waals surface area (Å²) in [5, 5.41) is 11.4. The lowest BCUT2D eigenvalue weighted by Gasteiger charge is -2.18. The molecule has 0 aliphatic heterocycles. The van der Waals surface area contributed by atoms with Gasteiger partial charge in [0.25, 0.3) is 5.69 Å². The number of aryl methyl sites for hydroxylation is 1. The van der Waals surface area contributed by atoms with Crippen LogP contribution in [0.25, 0.3) is 5.69 Å². The quantitative estimate of drug-likeness (QED) is 0.299. The highest BCUT2D eigenvalue weighted by atomic mass is 35.5. The number of nitrogens with zero attached hydrogens (tertiary/aromatic N) is 2. The number of aromatic nitrogens is 1. The summed E-state index contributed by atoms with van der Waals surface area (Å²) in [6.45, 7) is 2.10. The Bertz CT molecular complexity index is 1050. The van der Waals surface area contributed by atoms with Crippen molar-refractivity contribution in [2.75, 3.05) is 0 Å². The Kier molecular flexibility index (Phi) is 4.25. The molecule has 4 nitrogen and oxygen atoms in total. The van der Waals surface area contributed by atoms with Gasteiger partial charge in [-0.05, 0) is 54.7 Å². The summed E-state index contributed by atoms with van der Waals surface area (Å²) in [4.78, 5) is 11.6. The minimum absolute atomic E-state index is 0.130. The van der Waals surface area contributed by atoms with Crippen molar-refractivity contribution in [1.29, 1.82) is 0 Å². The largest absolute Gasteiger partial charge is 0.323 e. The van der Waals surface area contributed by atoms with Crippen molar-refractivity contribution < 1.29 is 4.92 Å². The first-order valence-corrected chi connectivity index (χ1v) is 10.7. The molecule has 2 aromatic carbocycles. The van der Waals surface area contributed by atoms with Gasteiger partial charge in [-0.15, -0.1) is 23.4 Å². The molecule has 6 heteroatoms. The Hall–Kier alpha value is -2.24. The van der Waals surface area contributed by atoms with Crippen LogP contribution in [0.5, 0.6) is 0 Å². The molecule has 5 rings (SSSR count). The van der Waals surface area contributed by atoms with Crippen LogP contribution >= 0.6 is 23.4 Å². The van der Waals surface area contributed by atoms with Gasteiger partial charge in [0.1, 0.15) is 0 Å². The maximum absolute atomic E-state index is 10.9. The minimum atomic E-state index is -0.359. The highest BCUT2D eigenvalue weighted by Crippen LogP contribution is 2.61. The zero-order chi connectivity index (χ0) is 19.4. The standard InChI is InChI=1S/C22H19ClN2O2S/c1-13-2-4-14(5-3-13)24-11-18-17-10-20(23)21(19(18)12-24)22(17)28-16-8-6-15(7-9-16)25(26)27/h2-9,11-12,17,20-22H,10H2,1H3/t17-,20+,21-,22?/m0/s1. The molecule has 3 aromatic rings. The molecule has 2 aliphatic carbocycles. The lowest BCUT2D eigenvalue weighted by Crippen LogP contribution is -2.12. The molecule has 4 atom stereocenters. The molecule has 2 bridgehead atoms. The molecule has 1 fully saturated rings. The summed E-state index contributed by atoms with van der Waals surface area (Å²) in [5.41, 5.74) is 5.32. The van der Waals surface area contributed by atoms with E-state index in [-0.39, 0.29) is 16.0 Å². The summed E-state index contributed by atoms with van der Waals surface area (Å²) in [7, 11) is 0. The number of nitro groups is 1. The summed E-state index contributed by atoms with van der Waals surface area (Å²) in [6, 6.07) is 15.4. The van der Waals surface area contributed by atoms with Crippen molar-refractivity contribution in [2.45, 2.75) is 40.7 Å². The number of non-ortho nitro benzene ring substituents is 1. The number of hydrogen-bond donors (Lipinski definition) is 0. The van der Waals surface area contributed by atoms with Gasteiger partial charge in [-0.25, -0.2) is 0 Å². The van der Waals surface area contributed by atoms with Crippen molar-refractivity contribution in [3.05, 3.63) is 87.7 Å². The topological polar surface area (TPSA) is 48.1 Å². The molecule has 1 heterocycles. The van der Waals surface area contributed by atoms with E-state index in [0.717, 1.165) is 11.3 Å². The average molecular weight is 411 g/mol. The monoisotopic (exact) mass is 410 g/mol. The molecular weight excluding hydrogens is 392 g/mol. The zero-order valence-corrected chi connectivity index (χ0v) is 16.9. The molecule has 1 saturated carbocycles. The SMILES string of the molecule is Cc1ccc(-n2cc3c(c2)[C@@H]2C[C@@H](Cl)[C@H]3C2Sc2ccc([N+](=O)[O-])cc2)cc1. The van der Waals surface area contributed by atoms with Gasteiger partial charge in [0, 0.05) is 51.7 Å². The molecule has 2 aliphatic rings. The van der Waals surface area contributed by atoms with Gasteiger partial charge in [0.2, 0.25) is 0 Å². The lowest BCUT2D eigenvalue weighted by atomic mass is 9.96. The summed E-state index contributed by atoms with van der Waals surface area (Å²) >= 11 is 8.53. The fraction of sp³-hybridized carbons (Fsp3) is 0.273. The van der Waals surface area contributed by atoms with Gasteiger partial charge in [-0.3, -0.25) is 10.1 Å². The molecule has 0 amide bonds. The predicted octanol–water partition coefficient (Wildman–Crippen LogP) is 6.05. The average Bonchev–Trinajstić information content (AvgIpc) is 3.31. The first-order chi connectivity index (χ1) is 13.5. The maximum Gasteiger partial charge on any atom is 0.269 e. The molecule has 28 heavy (non-hydrogen) atoms. The first-order valence-electron chi connectivity index (χ1n) is 9.35. The van der Waals surface area contributed by atoms with Gasteiger partial charge >= 0.3 is 0 Å². The third kappa shape index (κ3) is 2.85. The summed E-state index contributed by atoms with van der Waals surface area (Å²) in [5.74, 6) is 0.739. The van der Waals surface area contributed by atoms with Gasteiger partial charge in [0.15, 0.2) is 0 Å². The van der Waals surface area contributed by atoms with Crippen molar-refractivity contribution in [3.63, 3.8) is 0 Å². The van der Waals surface area contributed by atoms with Crippen LogP contribution in [0.4, 0.5) is 5.69 Å². The van der Waals surface area contributed by atoms with Crippen molar-refractivity contribution in [3.8, 4) is 5.69 Å². The number of thioether (sulfide) groups is 1. The van der Waals surface area contributed by atoms with Crippen molar-refractivity contribution >= 4 is 29.1 Å². The summed E-state index contributed by atoms with van der Waals surface area (Å²) < 4.78 is 2.21. The smallest absolute Gasteiger partial charge is 0.269 e. The second-order valence-electron chi connectivity index (χ2n) is 7.63.